The van der Waals surface area contributed by atoms with Crippen molar-refractivity contribution in [1.82, 2.24) is 0 Å². The van der Waals surface area contributed by atoms with Gasteiger partial charge in [-0.15, -0.1) is 0 Å². The maximum Gasteiger partial charge on any atom is 0.311 e. The van der Waals surface area contributed by atoms with Gasteiger partial charge in [0.15, 0.2) is 0 Å². The molecule has 0 heterocycles. The average molecular weight is 561 g/mol. The van der Waals surface area contributed by atoms with Crippen molar-refractivity contribution >= 4 is 17.1 Å². The van der Waals surface area contributed by atoms with Crippen molar-refractivity contribution in [2.75, 3.05) is 0 Å². The predicted octanol–water partition coefficient (Wildman–Crippen LogP) is 11.8. The molecular weight excluding hydrogens is 504 g/mol. The quantitative estimate of drug-likeness (QED) is 0.0512. The summed E-state index contributed by atoms with van der Waals surface area (Å²) < 4.78 is 5.61. The molecule has 0 radical (unpaired) electrons. The molecule has 0 unspecified atom stereocenters. The van der Waals surface area contributed by atoms with Crippen LogP contribution in [0.25, 0.3) is 11.1 Å². The van der Waals surface area contributed by atoms with Gasteiger partial charge in [0.2, 0.25) is 0 Å². The fourth-order valence-corrected chi connectivity index (χ4v) is 5.45. The maximum absolute atomic E-state index is 12.4. The van der Waals surface area contributed by atoms with Crippen molar-refractivity contribution in [2.24, 2.45) is 0 Å². The largest absolute Gasteiger partial charge is 0.508 e. The molecule has 3 nitrogen and oxygen atoms in total. The topological polar surface area (TPSA) is 46.5 Å². The van der Waals surface area contributed by atoms with E-state index in [4.69, 9.17) is 4.74 Å². The second-order valence-corrected chi connectivity index (χ2v) is 11.3. The van der Waals surface area contributed by atoms with Crippen molar-refractivity contribution in [2.45, 2.75) is 136 Å². The number of hydrogen-bond acceptors (Lipinski definition) is 3. The first-order chi connectivity index (χ1) is 20.1. The van der Waals surface area contributed by atoms with Gasteiger partial charge in [-0.2, -0.15) is 0 Å². The highest BCUT2D eigenvalue weighted by Gasteiger charge is 2.11. The zero-order valence-electron chi connectivity index (χ0n) is 26.3. The number of unbranched alkanes of at least 4 members (excludes halogenated alkanes) is 13. The normalized spacial score (nSPS) is 12.1. The van der Waals surface area contributed by atoms with Gasteiger partial charge in [0.25, 0.3) is 0 Å². The molecule has 2 aromatic carbocycles. The standard InChI is InChI=1S/C38H56O3/c1-4-7-8-9-10-11-12-13-14-15-16-17-18-19-20-21-22-23-38(40)41-35-30-26-33(27-31-35)37(6-3)36(5-2)32-24-28-34(39)29-25-32/h13-14,24-31,39H,4-12,15-23H2,1-3H3/b14-13-,37-36+. The van der Waals surface area contributed by atoms with Crippen LogP contribution < -0.4 is 4.74 Å². The molecule has 0 atom stereocenters. The summed E-state index contributed by atoms with van der Waals surface area (Å²) in [6.45, 7) is 6.59. The van der Waals surface area contributed by atoms with Gasteiger partial charge in [-0.05, 0) is 91.5 Å². The Labute approximate surface area is 251 Å². The molecule has 0 aliphatic carbocycles. The van der Waals surface area contributed by atoms with E-state index < -0.39 is 0 Å². The number of carbonyl (C=O) groups is 1. The summed E-state index contributed by atoms with van der Waals surface area (Å²) in [7, 11) is 0. The van der Waals surface area contributed by atoms with Gasteiger partial charge in [0.05, 0.1) is 0 Å². The van der Waals surface area contributed by atoms with Crippen LogP contribution in [0.4, 0.5) is 0 Å². The number of hydrogen-bond donors (Lipinski definition) is 1. The number of aromatic hydroxyl groups is 1. The van der Waals surface area contributed by atoms with Crippen LogP contribution in [0.5, 0.6) is 11.5 Å². The van der Waals surface area contributed by atoms with Gasteiger partial charge in [-0.3, -0.25) is 4.79 Å². The third-order valence-corrected chi connectivity index (χ3v) is 7.86. The smallest absolute Gasteiger partial charge is 0.311 e. The molecule has 0 spiro atoms. The Morgan fingerprint density at radius 2 is 1.05 bits per heavy atom. The molecule has 0 amide bonds. The molecule has 0 aliphatic heterocycles. The van der Waals surface area contributed by atoms with Crippen LogP contribution in [-0.4, -0.2) is 11.1 Å². The van der Waals surface area contributed by atoms with Crippen molar-refractivity contribution in [3.05, 3.63) is 71.8 Å². The third kappa shape index (κ3) is 14.6. The van der Waals surface area contributed by atoms with E-state index in [0.717, 1.165) is 36.8 Å². The zero-order chi connectivity index (χ0) is 29.5. The fourth-order valence-electron chi connectivity index (χ4n) is 5.45. The highest BCUT2D eigenvalue weighted by Crippen LogP contribution is 2.32. The van der Waals surface area contributed by atoms with Crippen molar-refractivity contribution in [3.63, 3.8) is 0 Å². The summed E-state index contributed by atoms with van der Waals surface area (Å²) >= 11 is 0. The lowest BCUT2D eigenvalue weighted by Crippen LogP contribution is -2.07. The first-order valence-electron chi connectivity index (χ1n) is 16.6. The van der Waals surface area contributed by atoms with Gasteiger partial charge in [-0.1, -0.05) is 121 Å². The Kier molecular flexibility index (Phi) is 18.3. The second-order valence-electron chi connectivity index (χ2n) is 11.3. The summed E-state index contributed by atoms with van der Waals surface area (Å²) in [6.07, 6.45) is 26.1. The van der Waals surface area contributed by atoms with E-state index in [0.29, 0.717) is 12.2 Å². The first kappa shape index (κ1) is 34.4. The molecule has 0 aromatic heterocycles. The summed E-state index contributed by atoms with van der Waals surface area (Å²) in [5, 5.41) is 9.64. The van der Waals surface area contributed by atoms with E-state index in [1.165, 1.54) is 94.6 Å². The molecule has 0 bridgehead atoms. The van der Waals surface area contributed by atoms with Gasteiger partial charge < -0.3 is 9.84 Å². The first-order valence-corrected chi connectivity index (χ1v) is 16.6. The van der Waals surface area contributed by atoms with Gasteiger partial charge in [0, 0.05) is 6.42 Å². The van der Waals surface area contributed by atoms with Gasteiger partial charge in [-0.25, -0.2) is 0 Å². The lowest BCUT2D eigenvalue weighted by atomic mass is 9.91. The van der Waals surface area contributed by atoms with Gasteiger partial charge >= 0.3 is 5.97 Å². The van der Waals surface area contributed by atoms with Crippen LogP contribution in [0.1, 0.15) is 147 Å². The number of benzene rings is 2. The summed E-state index contributed by atoms with van der Waals surface area (Å²) in [5.41, 5.74) is 4.81. The lowest BCUT2D eigenvalue weighted by Gasteiger charge is -2.15. The van der Waals surface area contributed by atoms with Gasteiger partial charge in [0.1, 0.15) is 11.5 Å². The molecular formula is C38H56O3. The van der Waals surface area contributed by atoms with Crippen molar-refractivity contribution < 1.29 is 14.6 Å². The number of carbonyl (C=O) groups excluding carboxylic acids is 1. The number of rotatable bonds is 22. The van der Waals surface area contributed by atoms with Crippen LogP contribution in [0, 0.1) is 0 Å². The Bertz CT molecular complexity index is 1010. The van der Waals surface area contributed by atoms with Crippen molar-refractivity contribution in [1.29, 1.82) is 0 Å². The second kappa shape index (κ2) is 21.9. The Balaban J connectivity index is 1.58. The van der Waals surface area contributed by atoms with Crippen LogP contribution in [-0.2, 0) is 4.79 Å². The zero-order valence-corrected chi connectivity index (χ0v) is 26.3. The van der Waals surface area contributed by atoms with E-state index in [2.05, 4.69) is 32.9 Å². The molecule has 0 fully saturated rings. The molecule has 0 saturated carbocycles. The Morgan fingerprint density at radius 3 is 1.54 bits per heavy atom. The minimum absolute atomic E-state index is 0.143. The summed E-state index contributed by atoms with van der Waals surface area (Å²) in [6, 6.07) is 15.3. The third-order valence-electron chi connectivity index (χ3n) is 7.86. The summed E-state index contributed by atoms with van der Waals surface area (Å²) in [4.78, 5) is 12.4. The minimum atomic E-state index is -0.143. The molecule has 2 aromatic rings. The monoisotopic (exact) mass is 560 g/mol. The van der Waals surface area contributed by atoms with E-state index >= 15 is 0 Å². The molecule has 2 rings (SSSR count). The Morgan fingerprint density at radius 1 is 0.610 bits per heavy atom. The summed E-state index contributed by atoms with van der Waals surface area (Å²) in [5.74, 6) is 0.745. The molecule has 41 heavy (non-hydrogen) atoms. The molecule has 3 heteroatoms. The van der Waals surface area contributed by atoms with E-state index in [1.807, 2.05) is 36.4 Å². The number of ether oxygens (including phenoxy) is 1. The maximum atomic E-state index is 12.4. The predicted molar refractivity (Wildman–Crippen MR) is 176 cm³/mol. The van der Waals surface area contributed by atoms with Crippen molar-refractivity contribution in [3.8, 4) is 11.5 Å². The molecule has 1 N–H and O–H groups in total. The minimum Gasteiger partial charge on any atom is -0.508 e. The van der Waals surface area contributed by atoms with Crippen LogP contribution in [0.3, 0.4) is 0 Å². The number of allylic oxidation sites excluding steroid dienone is 4. The van der Waals surface area contributed by atoms with E-state index in [9.17, 15) is 9.90 Å². The van der Waals surface area contributed by atoms with E-state index in [1.54, 1.807) is 12.1 Å². The van der Waals surface area contributed by atoms with Crippen LogP contribution in [0.2, 0.25) is 0 Å². The average Bonchev–Trinajstić information content (AvgIpc) is 2.98. The van der Waals surface area contributed by atoms with Crippen LogP contribution >= 0.6 is 0 Å². The Hall–Kier alpha value is -2.81. The highest BCUT2D eigenvalue weighted by atomic mass is 16.5. The number of phenols is 1. The number of esters is 1. The highest BCUT2D eigenvalue weighted by molar-refractivity contribution is 5.90. The fraction of sp³-hybridized carbons (Fsp3) is 0.553. The lowest BCUT2D eigenvalue weighted by molar-refractivity contribution is -0.134. The molecule has 226 valence electrons. The molecule has 0 aliphatic rings. The molecule has 0 saturated heterocycles. The number of phenolic OH excluding ortho intramolecular Hbond substituents is 1. The SMILES string of the molecule is CCCCCCCC/C=C\CCCCCCCCCC(=O)Oc1ccc(/C(CC)=C(\CC)c2ccc(O)cc2)cc1. The van der Waals surface area contributed by atoms with E-state index in [-0.39, 0.29) is 11.7 Å². The van der Waals surface area contributed by atoms with Crippen LogP contribution in [0.15, 0.2) is 60.7 Å².